The van der Waals surface area contributed by atoms with Crippen LogP contribution in [0.15, 0.2) is 60.8 Å². The van der Waals surface area contributed by atoms with Gasteiger partial charge in [0.25, 0.3) is 5.91 Å². The van der Waals surface area contributed by atoms with E-state index in [2.05, 4.69) is 83.7 Å². The van der Waals surface area contributed by atoms with Crippen LogP contribution in [0.5, 0.6) is 0 Å². The van der Waals surface area contributed by atoms with E-state index in [0.29, 0.717) is 18.2 Å². The quantitative estimate of drug-likeness (QED) is 0.383. The molecule has 1 saturated heterocycles. The Labute approximate surface area is 209 Å². The van der Waals surface area contributed by atoms with Crippen LogP contribution in [0.25, 0.3) is 0 Å². The molecule has 1 fully saturated rings. The Hall–Kier alpha value is -3.25. The molecule has 2 aromatic carbocycles. The Morgan fingerprint density at radius 2 is 1.77 bits per heavy atom. The van der Waals surface area contributed by atoms with Gasteiger partial charge >= 0.3 is 0 Å². The molecule has 1 aliphatic rings. The predicted molar refractivity (Wildman–Crippen MR) is 146 cm³/mol. The average Bonchev–Trinajstić information content (AvgIpc) is 3.41. The summed E-state index contributed by atoms with van der Waals surface area (Å²) in [6.45, 7) is 9.14. The van der Waals surface area contributed by atoms with E-state index in [1.807, 2.05) is 30.3 Å². The van der Waals surface area contributed by atoms with Gasteiger partial charge in [-0.2, -0.15) is 0 Å². The largest absolute Gasteiger partial charge is 0.383 e. The molecule has 1 unspecified atom stereocenters. The number of carbonyl (C=O) groups excluding carboxylic acids is 1. The molecule has 0 radical (unpaired) electrons. The summed E-state index contributed by atoms with van der Waals surface area (Å²) in [4.78, 5) is 15.5. The first-order valence-corrected chi connectivity index (χ1v) is 12.6. The Morgan fingerprint density at radius 3 is 2.37 bits per heavy atom. The third-order valence-electron chi connectivity index (χ3n) is 6.62. The van der Waals surface area contributed by atoms with Crippen molar-refractivity contribution in [3.05, 3.63) is 77.5 Å². The zero-order valence-electron chi connectivity index (χ0n) is 21.7. The minimum absolute atomic E-state index is 0.0817. The number of hydrogen-bond donors (Lipinski definition) is 3. The zero-order valence-corrected chi connectivity index (χ0v) is 21.7. The van der Waals surface area contributed by atoms with Crippen LogP contribution in [-0.2, 0) is 6.54 Å². The summed E-state index contributed by atoms with van der Waals surface area (Å²) in [6, 6.07) is 19.5. The number of aromatic nitrogens is 1. The molecule has 0 bridgehead atoms. The van der Waals surface area contributed by atoms with Crippen LogP contribution in [0.3, 0.4) is 0 Å². The van der Waals surface area contributed by atoms with E-state index in [0.717, 1.165) is 30.3 Å². The Balaban J connectivity index is 1.68. The molecule has 35 heavy (non-hydrogen) atoms. The van der Waals surface area contributed by atoms with Gasteiger partial charge in [-0.25, -0.2) is 0 Å². The lowest BCUT2D eigenvalue weighted by molar-refractivity contribution is 0.0964. The number of nitrogens with one attached hydrogen (secondary N) is 3. The monoisotopic (exact) mass is 473 g/mol. The van der Waals surface area contributed by atoms with Gasteiger partial charge < -0.3 is 20.5 Å². The van der Waals surface area contributed by atoms with Crippen molar-refractivity contribution in [1.29, 1.82) is 0 Å². The van der Waals surface area contributed by atoms with E-state index in [-0.39, 0.29) is 11.3 Å². The number of rotatable bonds is 8. The highest BCUT2D eigenvalue weighted by molar-refractivity contribution is 6.05. The minimum Gasteiger partial charge on any atom is -0.383 e. The van der Waals surface area contributed by atoms with E-state index in [9.17, 15) is 4.79 Å². The van der Waals surface area contributed by atoms with Gasteiger partial charge in [0, 0.05) is 38.1 Å². The highest BCUT2D eigenvalue weighted by Gasteiger charge is 2.24. The summed E-state index contributed by atoms with van der Waals surface area (Å²) in [5.74, 6) is 0.671. The molecule has 0 saturated carbocycles. The third kappa shape index (κ3) is 6.06. The summed E-state index contributed by atoms with van der Waals surface area (Å²) in [6.07, 6.45) is 4.53. The van der Waals surface area contributed by atoms with E-state index >= 15 is 0 Å². The van der Waals surface area contributed by atoms with Gasteiger partial charge in [-0.05, 0) is 55.1 Å². The number of carbonyl (C=O) groups is 1. The topological polar surface area (TPSA) is 61.3 Å². The Kier molecular flexibility index (Phi) is 7.51. The van der Waals surface area contributed by atoms with Gasteiger partial charge in [-0.3, -0.25) is 9.69 Å². The molecule has 0 aliphatic carbocycles. The molecule has 3 N–H and O–H groups in total. The number of amides is 1. The number of hydrogen-bond acceptors (Lipinski definition) is 4. The second kappa shape index (κ2) is 10.6. The lowest BCUT2D eigenvalue weighted by atomic mass is 9.97. The van der Waals surface area contributed by atoms with Crippen LogP contribution in [0.4, 0.5) is 17.2 Å². The standard InChI is InChI=1S/C29H39N5O/c1-29(2,3)20-31-24-19-34(18-21-13-15-22(16-14-21)25-12-9-17-33(25)5)27(26(24)28(35)30-4)32-23-10-7-6-8-11-23/h6-8,10-11,13-16,19,25,31-32H,9,12,17-18,20H2,1-5H3,(H,30,35). The van der Waals surface area contributed by atoms with Gasteiger partial charge in [-0.15, -0.1) is 0 Å². The van der Waals surface area contributed by atoms with E-state index in [1.165, 1.54) is 24.0 Å². The molecule has 1 amide bonds. The van der Waals surface area contributed by atoms with Gasteiger partial charge in [0.05, 0.1) is 5.69 Å². The molecule has 3 aromatic rings. The first kappa shape index (κ1) is 24.9. The highest BCUT2D eigenvalue weighted by atomic mass is 16.1. The highest BCUT2D eigenvalue weighted by Crippen LogP contribution is 2.33. The maximum absolute atomic E-state index is 13.0. The number of anilines is 3. The maximum Gasteiger partial charge on any atom is 0.256 e. The molecule has 0 spiro atoms. The second-order valence-corrected chi connectivity index (χ2v) is 10.8. The van der Waals surface area contributed by atoms with Crippen molar-refractivity contribution < 1.29 is 4.79 Å². The summed E-state index contributed by atoms with van der Waals surface area (Å²) >= 11 is 0. The summed E-state index contributed by atoms with van der Waals surface area (Å²) in [5.41, 5.74) is 5.07. The summed E-state index contributed by atoms with van der Waals surface area (Å²) in [5, 5.41) is 9.86. The normalized spacial score (nSPS) is 16.3. The third-order valence-corrected chi connectivity index (χ3v) is 6.62. The van der Waals surface area contributed by atoms with Crippen molar-refractivity contribution in [1.82, 2.24) is 14.8 Å². The number of nitrogens with zero attached hydrogens (tertiary/aromatic N) is 2. The van der Waals surface area contributed by atoms with Gasteiger partial charge in [-0.1, -0.05) is 63.2 Å². The van der Waals surface area contributed by atoms with E-state index < -0.39 is 0 Å². The second-order valence-electron chi connectivity index (χ2n) is 10.8. The van der Waals surface area contributed by atoms with E-state index in [4.69, 9.17) is 0 Å². The molecule has 186 valence electrons. The van der Waals surface area contributed by atoms with Crippen LogP contribution in [0.1, 0.15) is 61.1 Å². The van der Waals surface area contributed by atoms with Crippen molar-refractivity contribution in [3.63, 3.8) is 0 Å². The molecule has 1 aliphatic heterocycles. The molecular weight excluding hydrogens is 434 g/mol. The number of para-hydroxylation sites is 1. The molecular formula is C29H39N5O. The summed E-state index contributed by atoms with van der Waals surface area (Å²) in [7, 11) is 3.89. The van der Waals surface area contributed by atoms with Gasteiger partial charge in [0.15, 0.2) is 0 Å². The first-order chi connectivity index (χ1) is 16.7. The maximum atomic E-state index is 13.0. The fourth-order valence-electron chi connectivity index (χ4n) is 4.70. The zero-order chi connectivity index (χ0) is 25.0. The van der Waals surface area contributed by atoms with Gasteiger partial charge in [0.2, 0.25) is 0 Å². The molecule has 1 aromatic heterocycles. The molecule has 1 atom stereocenters. The lowest BCUT2D eigenvalue weighted by Crippen LogP contribution is -2.23. The van der Waals surface area contributed by atoms with Crippen molar-refractivity contribution in [2.24, 2.45) is 5.41 Å². The van der Waals surface area contributed by atoms with Gasteiger partial charge in [0.1, 0.15) is 11.4 Å². The van der Waals surface area contributed by atoms with E-state index in [1.54, 1.807) is 7.05 Å². The number of benzene rings is 2. The van der Waals surface area contributed by atoms with Crippen molar-refractivity contribution >= 4 is 23.1 Å². The first-order valence-electron chi connectivity index (χ1n) is 12.6. The smallest absolute Gasteiger partial charge is 0.256 e. The molecule has 6 heteroatoms. The van der Waals surface area contributed by atoms with Crippen molar-refractivity contribution in [3.8, 4) is 0 Å². The fourth-order valence-corrected chi connectivity index (χ4v) is 4.70. The van der Waals surface area contributed by atoms with Crippen molar-refractivity contribution in [2.45, 2.75) is 46.2 Å². The lowest BCUT2D eigenvalue weighted by Gasteiger charge is -2.20. The van der Waals surface area contributed by atoms with Crippen LogP contribution in [0, 0.1) is 5.41 Å². The molecule has 6 nitrogen and oxygen atoms in total. The van der Waals surface area contributed by atoms with Crippen molar-refractivity contribution in [2.75, 3.05) is 37.8 Å². The number of likely N-dealkylation sites (tertiary alicyclic amines) is 1. The predicted octanol–water partition coefficient (Wildman–Crippen LogP) is 5.86. The molecule has 4 rings (SSSR count). The van der Waals surface area contributed by atoms with Crippen LogP contribution in [0.2, 0.25) is 0 Å². The minimum atomic E-state index is -0.113. The summed E-state index contributed by atoms with van der Waals surface area (Å²) < 4.78 is 2.14. The van der Waals surface area contributed by atoms with Crippen LogP contribution in [-0.4, -0.2) is 42.6 Å². The fraction of sp³-hybridized carbons (Fsp3) is 0.414. The Bertz CT molecular complexity index is 1130. The molecule has 2 heterocycles. The van der Waals surface area contributed by atoms with Crippen LogP contribution >= 0.6 is 0 Å². The SMILES string of the molecule is CNC(=O)c1c(NCC(C)(C)C)cn(Cc2ccc(C3CCCN3C)cc2)c1Nc1ccccc1. The van der Waals surface area contributed by atoms with Crippen LogP contribution < -0.4 is 16.0 Å². The Morgan fingerprint density at radius 1 is 1.06 bits per heavy atom. The average molecular weight is 474 g/mol.